The molecule has 0 aliphatic heterocycles. The van der Waals surface area contributed by atoms with Crippen molar-refractivity contribution in [3.8, 4) is 0 Å². The molecular formula is C25H24F3N5OS. The first-order valence-corrected chi connectivity index (χ1v) is 12.4. The van der Waals surface area contributed by atoms with Gasteiger partial charge >= 0.3 is 6.18 Å². The third-order valence-corrected chi connectivity index (χ3v) is 7.55. The van der Waals surface area contributed by atoms with Gasteiger partial charge in [0.15, 0.2) is 5.65 Å². The van der Waals surface area contributed by atoms with Crippen LogP contribution in [0.2, 0.25) is 0 Å². The van der Waals surface area contributed by atoms with Crippen LogP contribution in [0.1, 0.15) is 70.6 Å². The molecule has 4 aromatic heterocycles. The molecule has 0 amide bonds. The maximum atomic E-state index is 13.7. The average molecular weight is 500 g/mol. The fourth-order valence-corrected chi connectivity index (χ4v) is 5.70. The Hall–Kier alpha value is -3.14. The highest BCUT2D eigenvalue weighted by molar-refractivity contribution is 7.09. The second kappa shape index (κ2) is 9.14. The number of aromatic nitrogens is 5. The maximum absolute atomic E-state index is 13.7. The summed E-state index contributed by atoms with van der Waals surface area (Å²) in [5.41, 5.74) is 3.52. The molecule has 0 aromatic carbocycles. The first-order valence-electron chi connectivity index (χ1n) is 11.5. The van der Waals surface area contributed by atoms with Gasteiger partial charge in [-0.1, -0.05) is 0 Å². The number of halogens is 3. The molecule has 4 heterocycles. The molecule has 1 saturated carbocycles. The monoisotopic (exact) mass is 499 g/mol. The van der Waals surface area contributed by atoms with Crippen molar-refractivity contribution in [2.24, 2.45) is 0 Å². The lowest BCUT2D eigenvalue weighted by molar-refractivity contribution is -0.138. The molecule has 182 valence electrons. The van der Waals surface area contributed by atoms with E-state index < -0.39 is 11.7 Å². The van der Waals surface area contributed by atoms with Gasteiger partial charge < -0.3 is 0 Å². The Balaban J connectivity index is 1.54. The Kier molecular flexibility index (Phi) is 6.16. The molecule has 0 atom stereocenters. The van der Waals surface area contributed by atoms with Crippen LogP contribution in [0.25, 0.3) is 11.2 Å². The first kappa shape index (κ1) is 23.6. The highest BCUT2D eigenvalue weighted by Gasteiger charge is 2.34. The third-order valence-electron chi connectivity index (χ3n) is 6.78. The zero-order valence-corrected chi connectivity index (χ0v) is 20.2. The molecule has 35 heavy (non-hydrogen) atoms. The van der Waals surface area contributed by atoms with Crippen LogP contribution in [0.15, 0.2) is 40.9 Å². The SMILES string of the molecule is Cc1cnc2cc(C3CCC(c4ncsc4C)CC3)c(=O)n(Cc3ncccc3C(F)(F)F)c2n1. The predicted octanol–water partition coefficient (Wildman–Crippen LogP) is 5.77. The molecule has 10 heteroatoms. The molecule has 5 rings (SSSR count). The number of nitrogens with zero attached hydrogens (tertiary/aromatic N) is 5. The molecule has 0 radical (unpaired) electrons. The minimum atomic E-state index is -4.57. The van der Waals surface area contributed by atoms with E-state index in [9.17, 15) is 18.0 Å². The molecule has 0 bridgehead atoms. The van der Waals surface area contributed by atoms with Crippen LogP contribution in [-0.2, 0) is 12.7 Å². The number of alkyl halides is 3. The van der Waals surface area contributed by atoms with Gasteiger partial charge in [0.1, 0.15) is 5.52 Å². The summed E-state index contributed by atoms with van der Waals surface area (Å²) in [6.07, 6.45) is 1.76. The lowest BCUT2D eigenvalue weighted by Gasteiger charge is -2.28. The molecule has 1 aliphatic carbocycles. The standard InChI is InChI=1S/C25H24F3N5OS/c1-14-11-30-20-10-18(16-5-7-17(8-6-16)22-15(2)35-13-31-22)24(34)33(23(20)32-14)12-21-19(25(26,27)28)4-3-9-29-21/h3-4,9-11,13,16-17H,5-8,12H2,1-2H3. The van der Waals surface area contributed by atoms with E-state index >= 15 is 0 Å². The summed E-state index contributed by atoms with van der Waals surface area (Å²) in [5.74, 6) is 0.368. The number of hydrogen-bond donors (Lipinski definition) is 0. The van der Waals surface area contributed by atoms with Crippen molar-refractivity contribution >= 4 is 22.5 Å². The molecule has 0 saturated heterocycles. The summed E-state index contributed by atoms with van der Waals surface area (Å²) in [5, 5.41) is 0. The molecule has 0 N–H and O–H groups in total. The zero-order valence-electron chi connectivity index (χ0n) is 19.3. The van der Waals surface area contributed by atoms with Gasteiger partial charge in [-0.2, -0.15) is 13.2 Å². The van der Waals surface area contributed by atoms with Crippen LogP contribution in [0.3, 0.4) is 0 Å². The fourth-order valence-electron chi connectivity index (χ4n) is 5.03. The van der Waals surface area contributed by atoms with Crippen molar-refractivity contribution in [3.05, 3.63) is 79.5 Å². The van der Waals surface area contributed by atoms with Crippen molar-refractivity contribution in [2.45, 2.75) is 64.1 Å². The summed E-state index contributed by atoms with van der Waals surface area (Å²) in [4.78, 5) is 32.3. The molecule has 0 unspecified atom stereocenters. The molecule has 6 nitrogen and oxygen atoms in total. The average Bonchev–Trinajstić information content (AvgIpc) is 3.26. The van der Waals surface area contributed by atoms with Gasteiger partial charge in [0.25, 0.3) is 5.56 Å². The van der Waals surface area contributed by atoms with Gasteiger partial charge in [-0.05, 0) is 63.6 Å². The first-order chi connectivity index (χ1) is 16.7. The molecular weight excluding hydrogens is 475 g/mol. The van der Waals surface area contributed by atoms with Gasteiger partial charge in [-0.25, -0.2) is 9.97 Å². The summed E-state index contributed by atoms with van der Waals surface area (Å²) in [6, 6.07) is 4.00. The Morgan fingerprint density at radius 1 is 1.09 bits per heavy atom. The van der Waals surface area contributed by atoms with Crippen LogP contribution >= 0.6 is 11.3 Å². The minimum Gasteiger partial charge on any atom is -0.285 e. The van der Waals surface area contributed by atoms with Gasteiger partial charge in [-0.15, -0.1) is 11.3 Å². The van der Waals surface area contributed by atoms with Crippen molar-refractivity contribution in [1.29, 1.82) is 0 Å². The van der Waals surface area contributed by atoms with E-state index in [2.05, 4.69) is 26.9 Å². The van der Waals surface area contributed by atoms with Crippen molar-refractivity contribution in [2.75, 3.05) is 0 Å². The van der Waals surface area contributed by atoms with E-state index in [1.807, 2.05) is 5.51 Å². The number of thiazole rings is 1. The molecule has 0 spiro atoms. The van der Waals surface area contributed by atoms with E-state index in [1.165, 1.54) is 21.7 Å². The smallest absolute Gasteiger partial charge is 0.285 e. The molecule has 1 aliphatic rings. The number of hydrogen-bond acceptors (Lipinski definition) is 6. The number of aryl methyl sites for hydroxylation is 2. The quantitative estimate of drug-likeness (QED) is 0.357. The Morgan fingerprint density at radius 3 is 2.51 bits per heavy atom. The maximum Gasteiger partial charge on any atom is 0.418 e. The highest BCUT2D eigenvalue weighted by atomic mass is 32.1. The second-order valence-electron chi connectivity index (χ2n) is 9.05. The Labute approximate surface area is 203 Å². The summed E-state index contributed by atoms with van der Waals surface area (Å²) in [7, 11) is 0. The van der Waals surface area contributed by atoms with Crippen molar-refractivity contribution < 1.29 is 13.2 Å². The molecule has 4 aromatic rings. The van der Waals surface area contributed by atoms with Crippen LogP contribution in [0.4, 0.5) is 13.2 Å². The lowest BCUT2D eigenvalue weighted by Crippen LogP contribution is -2.29. The van der Waals surface area contributed by atoms with Crippen LogP contribution in [0, 0.1) is 13.8 Å². The zero-order chi connectivity index (χ0) is 24.7. The minimum absolute atomic E-state index is 0.00210. The van der Waals surface area contributed by atoms with Crippen LogP contribution in [-0.4, -0.2) is 24.5 Å². The highest BCUT2D eigenvalue weighted by Crippen LogP contribution is 2.41. The fraction of sp³-hybridized carbons (Fsp3) is 0.400. The van der Waals surface area contributed by atoms with Gasteiger partial charge in [0, 0.05) is 28.8 Å². The van der Waals surface area contributed by atoms with Gasteiger partial charge in [0.05, 0.1) is 34.7 Å². The number of fused-ring (bicyclic) bond motifs is 1. The topological polar surface area (TPSA) is 73.6 Å². The Morgan fingerprint density at radius 2 is 1.83 bits per heavy atom. The number of rotatable bonds is 4. The van der Waals surface area contributed by atoms with E-state index in [1.54, 1.807) is 30.5 Å². The summed E-state index contributed by atoms with van der Waals surface area (Å²) >= 11 is 1.64. The van der Waals surface area contributed by atoms with E-state index in [4.69, 9.17) is 0 Å². The summed E-state index contributed by atoms with van der Waals surface area (Å²) < 4.78 is 42.2. The van der Waals surface area contributed by atoms with Crippen molar-refractivity contribution in [3.63, 3.8) is 0 Å². The van der Waals surface area contributed by atoms with E-state index in [0.29, 0.717) is 22.7 Å². The van der Waals surface area contributed by atoms with E-state index in [0.717, 1.165) is 37.4 Å². The normalized spacial score (nSPS) is 18.8. The van der Waals surface area contributed by atoms with Crippen LogP contribution in [0.5, 0.6) is 0 Å². The van der Waals surface area contributed by atoms with Gasteiger partial charge in [-0.3, -0.25) is 19.3 Å². The van der Waals surface area contributed by atoms with Crippen LogP contribution < -0.4 is 5.56 Å². The second-order valence-corrected chi connectivity index (χ2v) is 10.1. The summed E-state index contributed by atoms with van der Waals surface area (Å²) in [6.45, 7) is 3.48. The number of pyridine rings is 2. The largest absolute Gasteiger partial charge is 0.418 e. The van der Waals surface area contributed by atoms with Gasteiger partial charge in [0.2, 0.25) is 0 Å². The molecule has 1 fully saturated rings. The van der Waals surface area contributed by atoms with E-state index in [-0.39, 0.29) is 29.4 Å². The Bertz CT molecular complexity index is 1440. The third kappa shape index (κ3) is 4.59. The van der Waals surface area contributed by atoms with Crippen molar-refractivity contribution in [1.82, 2.24) is 24.5 Å². The lowest BCUT2D eigenvalue weighted by atomic mass is 9.77. The predicted molar refractivity (Wildman–Crippen MR) is 128 cm³/mol.